The lowest BCUT2D eigenvalue weighted by Crippen LogP contribution is -2.46. The standard InChI is InChI=1S/C15H29N3O/c1-5-18(10-13(2)3)15(19)12-17(4)11-14-8-6-7-9-16-14/h14,16H,2,5-12H2,1,3-4H3. The summed E-state index contributed by atoms with van der Waals surface area (Å²) < 4.78 is 0. The maximum Gasteiger partial charge on any atom is 0.237 e. The van der Waals surface area contributed by atoms with Gasteiger partial charge in [0.1, 0.15) is 0 Å². The van der Waals surface area contributed by atoms with Gasteiger partial charge in [-0.3, -0.25) is 9.69 Å². The Morgan fingerprint density at radius 1 is 1.37 bits per heavy atom. The molecule has 0 spiro atoms. The van der Waals surface area contributed by atoms with Gasteiger partial charge in [-0.1, -0.05) is 18.6 Å². The number of carbonyl (C=O) groups is 1. The van der Waals surface area contributed by atoms with Gasteiger partial charge in [0.2, 0.25) is 5.91 Å². The first-order valence-electron chi connectivity index (χ1n) is 7.37. The number of nitrogens with zero attached hydrogens (tertiary/aromatic N) is 2. The number of rotatable bonds is 7. The molecule has 1 unspecified atom stereocenters. The monoisotopic (exact) mass is 267 g/mol. The third-order valence-electron chi connectivity index (χ3n) is 3.54. The van der Waals surface area contributed by atoms with Crippen LogP contribution >= 0.6 is 0 Å². The molecule has 0 aliphatic carbocycles. The Balaban J connectivity index is 2.34. The van der Waals surface area contributed by atoms with E-state index in [-0.39, 0.29) is 5.91 Å². The van der Waals surface area contributed by atoms with Crippen LogP contribution in [0.15, 0.2) is 12.2 Å². The Labute approximate surface area is 117 Å². The van der Waals surface area contributed by atoms with E-state index in [9.17, 15) is 4.79 Å². The molecule has 1 amide bonds. The van der Waals surface area contributed by atoms with Crippen LogP contribution in [0.1, 0.15) is 33.1 Å². The summed E-state index contributed by atoms with van der Waals surface area (Å²) in [6, 6.07) is 0.544. The van der Waals surface area contributed by atoms with Crippen molar-refractivity contribution in [3.8, 4) is 0 Å². The van der Waals surface area contributed by atoms with E-state index in [0.29, 0.717) is 19.1 Å². The molecule has 0 aromatic heterocycles. The van der Waals surface area contributed by atoms with Crippen molar-refractivity contribution in [3.05, 3.63) is 12.2 Å². The molecule has 0 saturated carbocycles. The van der Waals surface area contributed by atoms with Crippen molar-refractivity contribution in [2.75, 3.05) is 39.8 Å². The summed E-state index contributed by atoms with van der Waals surface area (Å²) in [6.45, 7) is 11.9. The molecule has 0 aromatic carbocycles. The van der Waals surface area contributed by atoms with E-state index >= 15 is 0 Å². The minimum Gasteiger partial charge on any atom is -0.338 e. The van der Waals surface area contributed by atoms with Gasteiger partial charge in [-0.2, -0.15) is 0 Å². The SMILES string of the molecule is C=C(C)CN(CC)C(=O)CN(C)CC1CCCCN1. The molecule has 1 N–H and O–H groups in total. The molecule has 1 atom stereocenters. The fraction of sp³-hybridized carbons (Fsp3) is 0.800. The number of amides is 1. The molecule has 1 aliphatic heterocycles. The van der Waals surface area contributed by atoms with Crippen molar-refractivity contribution in [1.82, 2.24) is 15.1 Å². The second kappa shape index (κ2) is 8.33. The molecule has 0 bridgehead atoms. The van der Waals surface area contributed by atoms with E-state index in [2.05, 4.69) is 16.8 Å². The maximum absolute atomic E-state index is 12.2. The molecular formula is C15H29N3O. The van der Waals surface area contributed by atoms with Crippen LogP contribution in [0.5, 0.6) is 0 Å². The number of hydrogen-bond acceptors (Lipinski definition) is 3. The van der Waals surface area contributed by atoms with Crippen LogP contribution in [-0.4, -0.2) is 61.5 Å². The second-order valence-corrected chi connectivity index (χ2v) is 5.71. The van der Waals surface area contributed by atoms with Crippen LogP contribution in [0.25, 0.3) is 0 Å². The van der Waals surface area contributed by atoms with Gasteiger partial charge in [-0.15, -0.1) is 0 Å². The van der Waals surface area contributed by atoms with E-state index in [0.717, 1.165) is 25.2 Å². The topological polar surface area (TPSA) is 35.6 Å². The molecule has 4 heteroatoms. The summed E-state index contributed by atoms with van der Waals surface area (Å²) >= 11 is 0. The highest BCUT2D eigenvalue weighted by Gasteiger charge is 2.18. The molecule has 110 valence electrons. The van der Waals surface area contributed by atoms with E-state index in [1.165, 1.54) is 19.3 Å². The molecule has 0 radical (unpaired) electrons. The molecule has 1 fully saturated rings. The molecule has 19 heavy (non-hydrogen) atoms. The fourth-order valence-electron chi connectivity index (χ4n) is 2.55. The molecule has 0 aromatic rings. The zero-order valence-corrected chi connectivity index (χ0v) is 12.7. The lowest BCUT2D eigenvalue weighted by molar-refractivity contribution is -0.131. The first-order valence-corrected chi connectivity index (χ1v) is 7.37. The molecule has 1 heterocycles. The van der Waals surface area contributed by atoms with Crippen LogP contribution in [-0.2, 0) is 4.79 Å². The van der Waals surface area contributed by atoms with Crippen LogP contribution in [0, 0.1) is 0 Å². The summed E-state index contributed by atoms with van der Waals surface area (Å²) in [4.78, 5) is 16.2. The Bertz CT molecular complexity index is 298. The molecule has 1 aliphatic rings. The molecular weight excluding hydrogens is 238 g/mol. The van der Waals surface area contributed by atoms with Gasteiger partial charge in [0.15, 0.2) is 0 Å². The van der Waals surface area contributed by atoms with Crippen LogP contribution in [0.3, 0.4) is 0 Å². The zero-order chi connectivity index (χ0) is 14.3. The first-order chi connectivity index (χ1) is 9.02. The number of likely N-dealkylation sites (N-methyl/N-ethyl adjacent to an activating group) is 2. The van der Waals surface area contributed by atoms with Crippen molar-refractivity contribution in [1.29, 1.82) is 0 Å². The third kappa shape index (κ3) is 6.21. The van der Waals surface area contributed by atoms with Gasteiger partial charge in [0.05, 0.1) is 6.54 Å². The van der Waals surface area contributed by atoms with Crippen molar-refractivity contribution >= 4 is 5.91 Å². The maximum atomic E-state index is 12.2. The Kier molecular flexibility index (Phi) is 7.10. The third-order valence-corrected chi connectivity index (χ3v) is 3.54. The quantitative estimate of drug-likeness (QED) is 0.710. The van der Waals surface area contributed by atoms with Gasteiger partial charge in [0, 0.05) is 25.7 Å². The largest absolute Gasteiger partial charge is 0.338 e. The summed E-state index contributed by atoms with van der Waals surface area (Å²) in [5.74, 6) is 0.198. The summed E-state index contributed by atoms with van der Waals surface area (Å²) in [5, 5.41) is 3.52. The smallest absolute Gasteiger partial charge is 0.237 e. The zero-order valence-electron chi connectivity index (χ0n) is 12.7. The number of nitrogens with one attached hydrogen (secondary N) is 1. The predicted molar refractivity (Wildman–Crippen MR) is 80.2 cm³/mol. The number of carbonyl (C=O) groups excluding carboxylic acids is 1. The first kappa shape index (κ1) is 16.2. The Hall–Kier alpha value is -0.870. The average Bonchev–Trinajstić information content (AvgIpc) is 2.36. The molecule has 1 rings (SSSR count). The van der Waals surface area contributed by atoms with Crippen molar-refractivity contribution in [2.45, 2.75) is 39.2 Å². The van der Waals surface area contributed by atoms with Gasteiger partial charge in [-0.05, 0) is 40.3 Å². The minimum absolute atomic E-state index is 0.198. The van der Waals surface area contributed by atoms with Gasteiger partial charge in [-0.25, -0.2) is 0 Å². The minimum atomic E-state index is 0.198. The second-order valence-electron chi connectivity index (χ2n) is 5.71. The van der Waals surface area contributed by atoms with Crippen molar-refractivity contribution < 1.29 is 4.79 Å². The predicted octanol–water partition coefficient (Wildman–Crippen LogP) is 1.48. The summed E-state index contributed by atoms with van der Waals surface area (Å²) in [6.07, 6.45) is 3.80. The summed E-state index contributed by atoms with van der Waals surface area (Å²) in [5.41, 5.74) is 1.03. The van der Waals surface area contributed by atoms with E-state index in [1.807, 2.05) is 25.8 Å². The van der Waals surface area contributed by atoms with Crippen LogP contribution < -0.4 is 5.32 Å². The van der Waals surface area contributed by atoms with Crippen molar-refractivity contribution in [3.63, 3.8) is 0 Å². The summed E-state index contributed by atoms with van der Waals surface area (Å²) in [7, 11) is 2.03. The molecule has 1 saturated heterocycles. The highest BCUT2D eigenvalue weighted by atomic mass is 16.2. The normalized spacial score (nSPS) is 19.5. The van der Waals surface area contributed by atoms with Crippen LogP contribution in [0.2, 0.25) is 0 Å². The van der Waals surface area contributed by atoms with Crippen molar-refractivity contribution in [2.24, 2.45) is 0 Å². The van der Waals surface area contributed by atoms with E-state index in [4.69, 9.17) is 0 Å². The fourth-order valence-corrected chi connectivity index (χ4v) is 2.55. The highest BCUT2D eigenvalue weighted by molar-refractivity contribution is 5.78. The number of piperidine rings is 1. The van der Waals surface area contributed by atoms with Gasteiger partial charge in [0.25, 0.3) is 0 Å². The highest BCUT2D eigenvalue weighted by Crippen LogP contribution is 2.08. The number of hydrogen-bond donors (Lipinski definition) is 1. The Morgan fingerprint density at radius 2 is 2.11 bits per heavy atom. The van der Waals surface area contributed by atoms with E-state index in [1.54, 1.807) is 0 Å². The Morgan fingerprint density at radius 3 is 2.63 bits per heavy atom. The lowest BCUT2D eigenvalue weighted by atomic mass is 10.0. The van der Waals surface area contributed by atoms with E-state index < -0.39 is 0 Å². The van der Waals surface area contributed by atoms with Crippen LogP contribution in [0.4, 0.5) is 0 Å². The average molecular weight is 267 g/mol. The van der Waals surface area contributed by atoms with Gasteiger partial charge >= 0.3 is 0 Å². The lowest BCUT2D eigenvalue weighted by Gasteiger charge is -2.29. The molecule has 4 nitrogen and oxygen atoms in total. The van der Waals surface area contributed by atoms with Gasteiger partial charge < -0.3 is 10.2 Å².